The summed E-state index contributed by atoms with van der Waals surface area (Å²) in [5, 5.41) is 0. The highest BCUT2D eigenvalue weighted by molar-refractivity contribution is 5.94. The van der Waals surface area contributed by atoms with E-state index in [0.717, 1.165) is 11.3 Å². The molecule has 1 amide bonds. The number of rotatable bonds is 2. The molecule has 2 heterocycles. The van der Waals surface area contributed by atoms with E-state index in [1.807, 2.05) is 36.4 Å². The van der Waals surface area contributed by atoms with Gasteiger partial charge in [0.05, 0.1) is 5.69 Å². The molecule has 1 unspecified atom stereocenters. The maximum Gasteiger partial charge on any atom is 0.232 e. The van der Waals surface area contributed by atoms with Gasteiger partial charge in [-0.05, 0) is 6.07 Å². The normalized spacial score (nSPS) is 18.1. The summed E-state index contributed by atoms with van der Waals surface area (Å²) >= 11 is 0. The van der Waals surface area contributed by atoms with Crippen LogP contribution in [0.2, 0.25) is 0 Å². The summed E-state index contributed by atoms with van der Waals surface area (Å²) in [5.74, 6) is 2.98. The van der Waals surface area contributed by atoms with Gasteiger partial charge in [-0.1, -0.05) is 30.3 Å². The lowest BCUT2D eigenvalue weighted by molar-refractivity contribution is -0.117. The summed E-state index contributed by atoms with van der Waals surface area (Å²) in [4.78, 5) is 22.2. The van der Waals surface area contributed by atoms with Gasteiger partial charge in [0.15, 0.2) is 0 Å². The minimum atomic E-state index is -0.0496. The fraction of sp³-hybridized carbons (Fsp3) is 0.188. The SMILES string of the molecule is C#CC1CC(=O)N(c2nccc(-c3ccccc3)n2)C1. The van der Waals surface area contributed by atoms with Crippen LogP contribution in [0.15, 0.2) is 42.6 Å². The standard InChI is InChI=1S/C16H13N3O/c1-2-12-10-15(20)19(11-12)16-17-9-8-14(18-16)13-6-4-3-5-7-13/h1,3-9,12H,10-11H2. The molecule has 0 bridgehead atoms. The van der Waals surface area contributed by atoms with Crippen LogP contribution in [0.3, 0.4) is 0 Å². The third-order valence-corrected chi connectivity index (χ3v) is 3.31. The van der Waals surface area contributed by atoms with E-state index in [-0.39, 0.29) is 11.8 Å². The summed E-state index contributed by atoms with van der Waals surface area (Å²) < 4.78 is 0. The summed E-state index contributed by atoms with van der Waals surface area (Å²) in [6.45, 7) is 0.494. The Morgan fingerprint density at radius 1 is 1.25 bits per heavy atom. The zero-order valence-electron chi connectivity index (χ0n) is 10.9. The van der Waals surface area contributed by atoms with Gasteiger partial charge in [-0.25, -0.2) is 9.97 Å². The molecule has 0 saturated carbocycles. The highest BCUT2D eigenvalue weighted by atomic mass is 16.2. The van der Waals surface area contributed by atoms with Crippen LogP contribution in [-0.4, -0.2) is 22.4 Å². The maximum absolute atomic E-state index is 11.9. The van der Waals surface area contributed by atoms with Crippen LogP contribution in [0, 0.1) is 18.3 Å². The van der Waals surface area contributed by atoms with Gasteiger partial charge < -0.3 is 0 Å². The Bertz CT molecular complexity index is 676. The van der Waals surface area contributed by atoms with E-state index in [4.69, 9.17) is 6.42 Å². The average Bonchev–Trinajstić information content (AvgIpc) is 2.89. The van der Waals surface area contributed by atoms with Crippen molar-refractivity contribution in [2.45, 2.75) is 6.42 Å². The Labute approximate surface area is 117 Å². The molecule has 1 aliphatic heterocycles. The molecule has 3 rings (SSSR count). The summed E-state index contributed by atoms with van der Waals surface area (Å²) in [6, 6.07) is 11.6. The Hall–Kier alpha value is -2.67. The van der Waals surface area contributed by atoms with Gasteiger partial charge in [-0.2, -0.15) is 0 Å². The van der Waals surface area contributed by atoms with E-state index in [9.17, 15) is 4.79 Å². The number of benzene rings is 1. The van der Waals surface area contributed by atoms with Gasteiger partial charge in [-0.3, -0.25) is 9.69 Å². The van der Waals surface area contributed by atoms with E-state index >= 15 is 0 Å². The topological polar surface area (TPSA) is 46.1 Å². The fourth-order valence-corrected chi connectivity index (χ4v) is 2.26. The molecule has 98 valence electrons. The van der Waals surface area contributed by atoms with Gasteiger partial charge in [0, 0.05) is 30.6 Å². The van der Waals surface area contributed by atoms with Crippen molar-refractivity contribution in [2.24, 2.45) is 5.92 Å². The molecule has 4 nitrogen and oxygen atoms in total. The van der Waals surface area contributed by atoms with Crippen molar-refractivity contribution in [2.75, 3.05) is 11.4 Å². The van der Waals surface area contributed by atoms with Gasteiger partial charge in [0.1, 0.15) is 0 Å². The molecule has 1 atom stereocenters. The Balaban J connectivity index is 1.93. The molecule has 1 aromatic carbocycles. The molecule has 20 heavy (non-hydrogen) atoms. The second-order valence-corrected chi connectivity index (χ2v) is 4.68. The van der Waals surface area contributed by atoms with Gasteiger partial charge in [0.2, 0.25) is 11.9 Å². The molecule has 1 saturated heterocycles. The Morgan fingerprint density at radius 2 is 2.05 bits per heavy atom. The van der Waals surface area contributed by atoms with Crippen LogP contribution in [0.25, 0.3) is 11.3 Å². The van der Waals surface area contributed by atoms with Crippen molar-refractivity contribution in [1.82, 2.24) is 9.97 Å². The molecule has 2 aromatic rings. The van der Waals surface area contributed by atoms with Crippen LogP contribution >= 0.6 is 0 Å². The number of terminal acetylenes is 1. The highest BCUT2D eigenvalue weighted by Gasteiger charge is 2.31. The summed E-state index contributed by atoms with van der Waals surface area (Å²) in [6.07, 6.45) is 7.43. The number of hydrogen-bond donors (Lipinski definition) is 0. The lowest BCUT2D eigenvalue weighted by Crippen LogP contribution is -2.26. The molecular formula is C16H13N3O. The van der Waals surface area contributed by atoms with Crippen LogP contribution in [0.1, 0.15) is 6.42 Å². The van der Waals surface area contributed by atoms with E-state index in [0.29, 0.717) is 18.9 Å². The monoisotopic (exact) mass is 263 g/mol. The third-order valence-electron chi connectivity index (χ3n) is 3.31. The lowest BCUT2D eigenvalue weighted by atomic mass is 10.1. The van der Waals surface area contributed by atoms with Crippen molar-refractivity contribution < 1.29 is 4.79 Å². The molecule has 0 spiro atoms. The van der Waals surface area contributed by atoms with Crippen molar-refractivity contribution in [3.63, 3.8) is 0 Å². The van der Waals surface area contributed by atoms with Crippen LogP contribution in [-0.2, 0) is 4.79 Å². The first-order chi connectivity index (χ1) is 9.78. The van der Waals surface area contributed by atoms with Crippen LogP contribution < -0.4 is 4.90 Å². The van der Waals surface area contributed by atoms with Gasteiger partial charge in [0.25, 0.3) is 0 Å². The van der Waals surface area contributed by atoms with Crippen LogP contribution in [0.4, 0.5) is 5.95 Å². The smallest absolute Gasteiger partial charge is 0.232 e. The molecule has 1 fully saturated rings. The first-order valence-electron chi connectivity index (χ1n) is 6.43. The minimum absolute atomic E-state index is 0.0156. The summed E-state index contributed by atoms with van der Waals surface area (Å²) in [7, 11) is 0. The van der Waals surface area contributed by atoms with Crippen molar-refractivity contribution in [3.8, 4) is 23.6 Å². The third kappa shape index (κ3) is 2.26. The zero-order chi connectivity index (χ0) is 13.9. The highest BCUT2D eigenvalue weighted by Crippen LogP contribution is 2.24. The average molecular weight is 263 g/mol. The number of nitrogens with zero attached hydrogens (tertiary/aromatic N) is 3. The first-order valence-corrected chi connectivity index (χ1v) is 6.43. The molecule has 1 aliphatic rings. The molecule has 0 aliphatic carbocycles. The lowest BCUT2D eigenvalue weighted by Gasteiger charge is -2.14. The predicted octanol–water partition coefficient (Wildman–Crippen LogP) is 2.13. The van der Waals surface area contributed by atoms with Crippen molar-refractivity contribution in [3.05, 3.63) is 42.6 Å². The number of carbonyl (C=O) groups is 1. The van der Waals surface area contributed by atoms with E-state index in [1.54, 1.807) is 11.1 Å². The largest absolute Gasteiger partial charge is 0.279 e. The minimum Gasteiger partial charge on any atom is -0.279 e. The van der Waals surface area contributed by atoms with Crippen molar-refractivity contribution in [1.29, 1.82) is 0 Å². The molecule has 0 radical (unpaired) electrons. The zero-order valence-corrected chi connectivity index (χ0v) is 10.9. The first kappa shape index (κ1) is 12.4. The molecule has 0 N–H and O–H groups in total. The second kappa shape index (κ2) is 5.14. The van der Waals surface area contributed by atoms with Crippen molar-refractivity contribution >= 4 is 11.9 Å². The van der Waals surface area contributed by atoms with E-state index < -0.39 is 0 Å². The Kier molecular flexibility index (Phi) is 3.18. The summed E-state index contributed by atoms with van der Waals surface area (Å²) in [5.41, 5.74) is 1.80. The fourth-order valence-electron chi connectivity index (χ4n) is 2.26. The number of hydrogen-bond acceptors (Lipinski definition) is 3. The molecule has 4 heteroatoms. The number of carbonyl (C=O) groups excluding carboxylic acids is 1. The van der Waals surface area contributed by atoms with E-state index in [1.165, 1.54) is 0 Å². The number of amides is 1. The van der Waals surface area contributed by atoms with E-state index in [2.05, 4.69) is 15.9 Å². The van der Waals surface area contributed by atoms with Crippen LogP contribution in [0.5, 0.6) is 0 Å². The maximum atomic E-state index is 11.9. The number of aromatic nitrogens is 2. The van der Waals surface area contributed by atoms with Gasteiger partial charge in [-0.15, -0.1) is 12.3 Å². The number of anilines is 1. The molecular weight excluding hydrogens is 250 g/mol. The predicted molar refractivity (Wildman–Crippen MR) is 76.8 cm³/mol. The Morgan fingerprint density at radius 3 is 2.75 bits per heavy atom. The quantitative estimate of drug-likeness (QED) is 0.780. The second-order valence-electron chi connectivity index (χ2n) is 4.68. The molecule has 1 aromatic heterocycles. The van der Waals surface area contributed by atoms with Gasteiger partial charge >= 0.3 is 0 Å².